The largest absolute Gasteiger partial charge is 0.354 e. The lowest BCUT2D eigenvalue weighted by Gasteiger charge is -2.31. The molecule has 0 saturated carbocycles. The summed E-state index contributed by atoms with van der Waals surface area (Å²) in [6.45, 7) is 3.11. The Balaban J connectivity index is 1.85. The third-order valence-electron chi connectivity index (χ3n) is 5.40. The fourth-order valence-corrected chi connectivity index (χ4v) is 4.39. The molecule has 0 unspecified atom stereocenters. The number of benzene rings is 3. The molecule has 172 valence electrons. The minimum atomic E-state index is -0.576. The highest BCUT2D eigenvalue weighted by molar-refractivity contribution is 8.00. The molecule has 3 rings (SSSR count). The van der Waals surface area contributed by atoms with Crippen LogP contribution in [0.1, 0.15) is 30.9 Å². The molecule has 0 aliphatic carbocycles. The molecule has 0 aliphatic rings. The Morgan fingerprint density at radius 1 is 0.848 bits per heavy atom. The summed E-state index contributed by atoms with van der Waals surface area (Å²) in [6, 6.07) is 29.1. The van der Waals surface area contributed by atoms with Crippen LogP contribution >= 0.6 is 11.8 Å². The van der Waals surface area contributed by atoms with Crippen molar-refractivity contribution in [3.05, 3.63) is 102 Å². The van der Waals surface area contributed by atoms with E-state index in [2.05, 4.69) is 12.2 Å². The van der Waals surface area contributed by atoms with E-state index in [-0.39, 0.29) is 17.6 Å². The quantitative estimate of drug-likeness (QED) is 0.293. The van der Waals surface area contributed by atoms with Crippen molar-refractivity contribution in [2.45, 2.75) is 43.7 Å². The standard InChI is InChI=1S/C28H32N2O2S/c1-2-3-19-29-28(32)26(20-23-13-7-4-8-14-23)30(21-24-15-9-5-10-16-24)27(31)22-33-25-17-11-6-12-18-25/h4-18,26H,2-3,19-22H2,1H3,(H,29,32)/t26-/m1/s1. The van der Waals surface area contributed by atoms with Crippen molar-refractivity contribution in [2.24, 2.45) is 0 Å². The molecular formula is C28H32N2O2S. The van der Waals surface area contributed by atoms with Gasteiger partial charge >= 0.3 is 0 Å². The van der Waals surface area contributed by atoms with Crippen LogP contribution in [0.25, 0.3) is 0 Å². The van der Waals surface area contributed by atoms with E-state index in [1.807, 2.05) is 91.0 Å². The van der Waals surface area contributed by atoms with E-state index >= 15 is 0 Å². The number of nitrogens with zero attached hydrogens (tertiary/aromatic N) is 1. The second-order valence-corrected chi connectivity index (χ2v) is 9.01. The Kier molecular flexibility index (Phi) is 10.0. The number of unbranched alkanes of at least 4 members (excludes halogenated alkanes) is 1. The molecule has 33 heavy (non-hydrogen) atoms. The van der Waals surface area contributed by atoms with Gasteiger partial charge in [0.15, 0.2) is 0 Å². The second kappa shape index (κ2) is 13.5. The molecule has 0 heterocycles. The number of carbonyl (C=O) groups excluding carboxylic acids is 2. The van der Waals surface area contributed by atoms with Crippen LogP contribution in [0.5, 0.6) is 0 Å². The summed E-state index contributed by atoms with van der Waals surface area (Å²) in [6.07, 6.45) is 2.40. The van der Waals surface area contributed by atoms with Gasteiger partial charge in [0.25, 0.3) is 0 Å². The van der Waals surface area contributed by atoms with E-state index in [0.717, 1.165) is 28.9 Å². The van der Waals surface area contributed by atoms with Crippen LogP contribution in [0.15, 0.2) is 95.9 Å². The monoisotopic (exact) mass is 460 g/mol. The average Bonchev–Trinajstić information content (AvgIpc) is 2.86. The zero-order chi connectivity index (χ0) is 23.3. The van der Waals surface area contributed by atoms with Crippen molar-refractivity contribution in [3.8, 4) is 0 Å². The first kappa shape index (κ1) is 24.6. The van der Waals surface area contributed by atoms with Gasteiger partial charge in [-0.3, -0.25) is 9.59 Å². The second-order valence-electron chi connectivity index (χ2n) is 7.96. The topological polar surface area (TPSA) is 49.4 Å². The summed E-state index contributed by atoms with van der Waals surface area (Å²) in [5, 5.41) is 3.06. The molecule has 2 amide bonds. The van der Waals surface area contributed by atoms with Crippen LogP contribution in [0.4, 0.5) is 0 Å². The van der Waals surface area contributed by atoms with Gasteiger partial charge < -0.3 is 10.2 Å². The van der Waals surface area contributed by atoms with Gasteiger partial charge in [-0.25, -0.2) is 0 Å². The molecule has 4 nitrogen and oxygen atoms in total. The van der Waals surface area contributed by atoms with Gasteiger partial charge in [0.1, 0.15) is 6.04 Å². The molecule has 0 aromatic heterocycles. The number of hydrogen-bond donors (Lipinski definition) is 1. The van der Waals surface area contributed by atoms with Crippen LogP contribution in [0.3, 0.4) is 0 Å². The Morgan fingerprint density at radius 3 is 2.03 bits per heavy atom. The minimum absolute atomic E-state index is 0.0423. The van der Waals surface area contributed by atoms with E-state index < -0.39 is 6.04 Å². The van der Waals surface area contributed by atoms with Gasteiger partial charge in [-0.2, -0.15) is 0 Å². The minimum Gasteiger partial charge on any atom is -0.354 e. The van der Waals surface area contributed by atoms with E-state index in [1.54, 1.807) is 4.90 Å². The molecule has 3 aromatic carbocycles. The average molecular weight is 461 g/mol. The highest BCUT2D eigenvalue weighted by Gasteiger charge is 2.30. The molecule has 5 heteroatoms. The third-order valence-corrected chi connectivity index (χ3v) is 6.40. The van der Waals surface area contributed by atoms with E-state index in [0.29, 0.717) is 19.5 Å². The molecule has 0 bridgehead atoms. The molecule has 0 saturated heterocycles. The fraction of sp³-hybridized carbons (Fsp3) is 0.286. The Hall–Kier alpha value is -3.05. The highest BCUT2D eigenvalue weighted by atomic mass is 32.2. The lowest BCUT2D eigenvalue weighted by atomic mass is 10.0. The van der Waals surface area contributed by atoms with E-state index in [4.69, 9.17) is 0 Å². The predicted molar refractivity (Wildman–Crippen MR) is 136 cm³/mol. The fourth-order valence-electron chi connectivity index (χ4n) is 3.58. The molecule has 0 fully saturated rings. The van der Waals surface area contributed by atoms with Crippen LogP contribution in [0.2, 0.25) is 0 Å². The summed E-state index contributed by atoms with van der Waals surface area (Å²) >= 11 is 1.50. The van der Waals surface area contributed by atoms with Crippen molar-refractivity contribution >= 4 is 23.6 Å². The molecule has 0 radical (unpaired) electrons. The first-order valence-corrected chi connectivity index (χ1v) is 12.5. The number of rotatable bonds is 12. The Bertz CT molecular complexity index is 981. The van der Waals surface area contributed by atoms with Crippen molar-refractivity contribution in [1.82, 2.24) is 10.2 Å². The van der Waals surface area contributed by atoms with Crippen LogP contribution in [-0.4, -0.2) is 35.1 Å². The van der Waals surface area contributed by atoms with Crippen molar-refractivity contribution in [2.75, 3.05) is 12.3 Å². The lowest BCUT2D eigenvalue weighted by Crippen LogP contribution is -2.51. The van der Waals surface area contributed by atoms with Crippen LogP contribution < -0.4 is 5.32 Å². The zero-order valence-corrected chi connectivity index (χ0v) is 20.0. The zero-order valence-electron chi connectivity index (χ0n) is 19.2. The number of amides is 2. The maximum atomic E-state index is 13.5. The summed E-state index contributed by atoms with van der Waals surface area (Å²) < 4.78 is 0. The van der Waals surface area contributed by atoms with Crippen molar-refractivity contribution in [3.63, 3.8) is 0 Å². The third kappa shape index (κ3) is 8.10. The molecule has 3 aromatic rings. The van der Waals surface area contributed by atoms with Crippen LogP contribution in [0, 0.1) is 0 Å². The van der Waals surface area contributed by atoms with Gasteiger partial charge in [-0.15, -0.1) is 11.8 Å². The number of carbonyl (C=O) groups is 2. The molecule has 0 spiro atoms. The van der Waals surface area contributed by atoms with Crippen molar-refractivity contribution in [1.29, 1.82) is 0 Å². The Labute approximate surface area is 201 Å². The summed E-state index contributed by atoms with van der Waals surface area (Å²) in [4.78, 5) is 29.6. The lowest BCUT2D eigenvalue weighted by molar-refractivity contribution is -0.139. The van der Waals surface area contributed by atoms with Gasteiger partial charge in [0, 0.05) is 24.4 Å². The van der Waals surface area contributed by atoms with Gasteiger partial charge in [-0.1, -0.05) is 92.2 Å². The molecular weight excluding hydrogens is 428 g/mol. The first-order valence-electron chi connectivity index (χ1n) is 11.5. The van der Waals surface area contributed by atoms with E-state index in [1.165, 1.54) is 11.8 Å². The SMILES string of the molecule is CCCCNC(=O)[C@@H](Cc1ccccc1)N(Cc1ccccc1)C(=O)CSc1ccccc1. The van der Waals surface area contributed by atoms with Gasteiger partial charge in [-0.05, 0) is 29.7 Å². The maximum absolute atomic E-state index is 13.5. The highest BCUT2D eigenvalue weighted by Crippen LogP contribution is 2.21. The Morgan fingerprint density at radius 2 is 1.42 bits per heavy atom. The molecule has 0 aliphatic heterocycles. The summed E-state index contributed by atoms with van der Waals surface area (Å²) in [5.74, 6) is 0.144. The molecule has 1 N–H and O–H groups in total. The predicted octanol–water partition coefficient (Wildman–Crippen LogP) is 5.34. The van der Waals surface area contributed by atoms with Crippen molar-refractivity contribution < 1.29 is 9.59 Å². The number of hydrogen-bond acceptors (Lipinski definition) is 3. The smallest absolute Gasteiger partial charge is 0.243 e. The van der Waals surface area contributed by atoms with Gasteiger partial charge in [0.05, 0.1) is 5.75 Å². The summed E-state index contributed by atoms with van der Waals surface area (Å²) in [5.41, 5.74) is 2.05. The molecule has 1 atom stereocenters. The number of thioether (sulfide) groups is 1. The number of nitrogens with one attached hydrogen (secondary N) is 1. The maximum Gasteiger partial charge on any atom is 0.243 e. The summed E-state index contributed by atoms with van der Waals surface area (Å²) in [7, 11) is 0. The van der Waals surface area contributed by atoms with Crippen LogP contribution in [-0.2, 0) is 22.6 Å². The van der Waals surface area contributed by atoms with Gasteiger partial charge in [0.2, 0.25) is 11.8 Å². The van der Waals surface area contributed by atoms with E-state index in [9.17, 15) is 9.59 Å². The normalized spacial score (nSPS) is 11.5. The first-order chi connectivity index (χ1) is 16.2.